The molecule has 20 heavy (non-hydrogen) atoms. The summed E-state index contributed by atoms with van der Waals surface area (Å²) in [7, 11) is 0. The minimum atomic E-state index is -0.879. The Kier molecular flexibility index (Phi) is 4.31. The van der Waals surface area contributed by atoms with Crippen molar-refractivity contribution in [1.82, 2.24) is 4.98 Å². The molecule has 0 aliphatic carbocycles. The van der Waals surface area contributed by atoms with E-state index in [9.17, 15) is 9.90 Å². The number of hydrogen-bond donors (Lipinski definition) is 1. The van der Waals surface area contributed by atoms with Crippen molar-refractivity contribution < 1.29 is 9.90 Å². The first-order valence-electron chi connectivity index (χ1n) is 7.42. The van der Waals surface area contributed by atoms with E-state index in [1.807, 2.05) is 13.8 Å². The zero-order chi connectivity index (χ0) is 14.9. The molecule has 1 aliphatic rings. The first kappa shape index (κ1) is 14.8. The van der Waals surface area contributed by atoms with Gasteiger partial charge in [-0.25, -0.2) is 9.78 Å². The first-order chi connectivity index (χ1) is 9.40. The molecule has 1 unspecified atom stereocenters. The van der Waals surface area contributed by atoms with Crippen LogP contribution in [0.1, 0.15) is 62.5 Å². The fraction of sp³-hybridized carbons (Fsp3) is 0.625. The van der Waals surface area contributed by atoms with Crippen LogP contribution in [0.25, 0.3) is 0 Å². The fourth-order valence-corrected chi connectivity index (χ4v) is 2.87. The number of aromatic nitrogens is 1. The van der Waals surface area contributed by atoms with Crippen molar-refractivity contribution in [3.05, 3.63) is 23.4 Å². The molecule has 1 atom stereocenters. The minimum absolute atomic E-state index is 0.230. The summed E-state index contributed by atoms with van der Waals surface area (Å²) in [5.74, 6) is 0.726. The van der Waals surface area contributed by atoms with Gasteiger partial charge in [-0.15, -0.1) is 0 Å². The molecule has 110 valence electrons. The van der Waals surface area contributed by atoms with Gasteiger partial charge < -0.3 is 10.0 Å². The van der Waals surface area contributed by atoms with Crippen molar-refractivity contribution in [1.29, 1.82) is 0 Å². The number of rotatable bonds is 4. The van der Waals surface area contributed by atoms with Crippen molar-refractivity contribution in [2.75, 3.05) is 11.4 Å². The van der Waals surface area contributed by atoms with Crippen molar-refractivity contribution >= 4 is 11.8 Å². The monoisotopic (exact) mass is 276 g/mol. The number of pyridine rings is 1. The summed E-state index contributed by atoms with van der Waals surface area (Å²) in [4.78, 5) is 18.3. The highest BCUT2D eigenvalue weighted by Gasteiger charge is 2.29. The van der Waals surface area contributed by atoms with Crippen LogP contribution in [-0.2, 0) is 0 Å². The average Bonchev–Trinajstić information content (AvgIpc) is 2.87. The Hall–Kier alpha value is -1.58. The number of nitrogens with zero attached hydrogens (tertiary/aromatic N) is 2. The molecule has 1 aliphatic heterocycles. The van der Waals surface area contributed by atoms with Gasteiger partial charge in [-0.1, -0.05) is 27.7 Å². The van der Waals surface area contributed by atoms with Crippen LogP contribution in [0.2, 0.25) is 0 Å². The summed E-state index contributed by atoms with van der Waals surface area (Å²) >= 11 is 0. The third-order valence-electron chi connectivity index (χ3n) is 4.03. The SMILES string of the molecule is CC(C)c1cc(C(=O)O)cc(N2CCCC2C(C)C)n1. The quantitative estimate of drug-likeness (QED) is 0.914. The molecular weight excluding hydrogens is 252 g/mol. The Labute approximate surface area is 120 Å². The van der Waals surface area contributed by atoms with Gasteiger partial charge >= 0.3 is 5.97 Å². The van der Waals surface area contributed by atoms with Crippen LogP contribution in [0.15, 0.2) is 12.1 Å². The van der Waals surface area contributed by atoms with E-state index in [0.29, 0.717) is 17.5 Å². The van der Waals surface area contributed by atoms with Gasteiger partial charge in [-0.3, -0.25) is 0 Å². The highest BCUT2D eigenvalue weighted by molar-refractivity contribution is 5.88. The Morgan fingerprint density at radius 1 is 1.35 bits per heavy atom. The lowest BCUT2D eigenvalue weighted by Crippen LogP contribution is -2.34. The van der Waals surface area contributed by atoms with Gasteiger partial charge in [0.1, 0.15) is 5.82 Å². The molecule has 4 nitrogen and oxygen atoms in total. The second-order valence-electron chi connectivity index (χ2n) is 6.25. The molecule has 2 heterocycles. The summed E-state index contributed by atoms with van der Waals surface area (Å²) in [5.41, 5.74) is 1.20. The van der Waals surface area contributed by atoms with E-state index in [0.717, 1.165) is 30.9 Å². The van der Waals surface area contributed by atoms with Gasteiger partial charge in [0.25, 0.3) is 0 Å². The molecule has 4 heteroatoms. The zero-order valence-corrected chi connectivity index (χ0v) is 12.8. The Morgan fingerprint density at radius 2 is 2.05 bits per heavy atom. The van der Waals surface area contributed by atoms with Crippen LogP contribution in [-0.4, -0.2) is 28.6 Å². The molecule has 0 bridgehead atoms. The topological polar surface area (TPSA) is 53.4 Å². The second-order valence-corrected chi connectivity index (χ2v) is 6.25. The van der Waals surface area contributed by atoms with E-state index in [1.54, 1.807) is 12.1 Å². The normalized spacial score (nSPS) is 19.1. The van der Waals surface area contributed by atoms with Gasteiger partial charge in [0.15, 0.2) is 0 Å². The lowest BCUT2D eigenvalue weighted by molar-refractivity contribution is 0.0696. The van der Waals surface area contributed by atoms with Gasteiger partial charge in [-0.05, 0) is 36.8 Å². The van der Waals surface area contributed by atoms with Crippen molar-refractivity contribution in [2.45, 2.75) is 52.5 Å². The van der Waals surface area contributed by atoms with Crippen LogP contribution in [0.3, 0.4) is 0 Å². The molecule has 1 N–H and O–H groups in total. The maximum atomic E-state index is 11.3. The number of anilines is 1. The minimum Gasteiger partial charge on any atom is -0.478 e. The summed E-state index contributed by atoms with van der Waals surface area (Å²) in [6, 6.07) is 3.87. The van der Waals surface area contributed by atoms with Crippen LogP contribution in [0.5, 0.6) is 0 Å². The standard InChI is InChI=1S/C16H24N2O2/c1-10(2)13-8-12(16(19)20)9-15(17-13)18-7-5-6-14(18)11(3)4/h8-11,14H,5-7H2,1-4H3,(H,19,20). The fourth-order valence-electron chi connectivity index (χ4n) is 2.87. The van der Waals surface area contributed by atoms with Gasteiger partial charge in [0, 0.05) is 18.3 Å². The van der Waals surface area contributed by atoms with E-state index >= 15 is 0 Å². The molecule has 0 aromatic carbocycles. The Balaban J connectivity index is 2.42. The maximum Gasteiger partial charge on any atom is 0.335 e. The van der Waals surface area contributed by atoms with E-state index in [4.69, 9.17) is 4.98 Å². The molecule has 2 rings (SSSR count). The first-order valence-corrected chi connectivity index (χ1v) is 7.42. The number of carboxylic acids is 1. The van der Waals surface area contributed by atoms with E-state index in [1.165, 1.54) is 0 Å². The van der Waals surface area contributed by atoms with Crippen LogP contribution in [0.4, 0.5) is 5.82 Å². The molecular formula is C16H24N2O2. The highest BCUT2D eigenvalue weighted by atomic mass is 16.4. The molecule has 1 fully saturated rings. The summed E-state index contributed by atoms with van der Waals surface area (Å²) in [6.45, 7) is 9.49. The highest BCUT2D eigenvalue weighted by Crippen LogP contribution is 2.30. The van der Waals surface area contributed by atoms with Gasteiger partial charge in [0.05, 0.1) is 5.56 Å². The summed E-state index contributed by atoms with van der Waals surface area (Å²) < 4.78 is 0. The molecule has 1 aromatic rings. The largest absolute Gasteiger partial charge is 0.478 e. The molecule has 0 saturated carbocycles. The summed E-state index contributed by atoms with van der Waals surface area (Å²) in [5, 5.41) is 9.29. The Morgan fingerprint density at radius 3 is 2.60 bits per heavy atom. The molecule has 0 spiro atoms. The lowest BCUT2D eigenvalue weighted by atomic mass is 10.0. The van der Waals surface area contributed by atoms with Crippen molar-refractivity contribution in [3.63, 3.8) is 0 Å². The number of aromatic carboxylic acids is 1. The number of carboxylic acid groups (broad SMARTS) is 1. The predicted molar refractivity (Wildman–Crippen MR) is 80.5 cm³/mol. The second kappa shape index (κ2) is 5.81. The number of carbonyl (C=O) groups is 1. The van der Waals surface area contributed by atoms with Crippen molar-refractivity contribution in [3.8, 4) is 0 Å². The zero-order valence-electron chi connectivity index (χ0n) is 12.8. The Bertz CT molecular complexity index is 497. The molecule has 1 saturated heterocycles. The van der Waals surface area contributed by atoms with Crippen LogP contribution in [0, 0.1) is 5.92 Å². The lowest BCUT2D eigenvalue weighted by Gasteiger charge is -2.29. The van der Waals surface area contributed by atoms with Gasteiger partial charge in [0.2, 0.25) is 0 Å². The van der Waals surface area contributed by atoms with E-state index in [-0.39, 0.29) is 5.92 Å². The number of hydrogen-bond acceptors (Lipinski definition) is 3. The third kappa shape index (κ3) is 2.94. The maximum absolute atomic E-state index is 11.3. The predicted octanol–water partition coefficient (Wildman–Crippen LogP) is 3.53. The average molecular weight is 276 g/mol. The van der Waals surface area contributed by atoms with E-state index in [2.05, 4.69) is 18.7 Å². The summed E-state index contributed by atoms with van der Waals surface area (Å²) in [6.07, 6.45) is 2.31. The molecule has 0 radical (unpaired) electrons. The van der Waals surface area contributed by atoms with Crippen molar-refractivity contribution in [2.24, 2.45) is 5.92 Å². The van der Waals surface area contributed by atoms with E-state index < -0.39 is 5.97 Å². The van der Waals surface area contributed by atoms with Crippen LogP contribution >= 0.6 is 0 Å². The third-order valence-corrected chi connectivity index (χ3v) is 4.03. The molecule has 1 aromatic heterocycles. The van der Waals surface area contributed by atoms with Gasteiger partial charge in [-0.2, -0.15) is 0 Å². The smallest absolute Gasteiger partial charge is 0.335 e. The molecule has 0 amide bonds. The van der Waals surface area contributed by atoms with Crippen LogP contribution < -0.4 is 4.90 Å².